The van der Waals surface area contributed by atoms with E-state index in [-0.39, 0.29) is 11.7 Å². The molecule has 2 rings (SSSR count). The summed E-state index contributed by atoms with van der Waals surface area (Å²) in [6.07, 6.45) is 3.50. The van der Waals surface area contributed by atoms with Crippen LogP contribution in [0.1, 0.15) is 65.0 Å². The molecule has 0 spiro atoms. The molecule has 0 atom stereocenters. The minimum Gasteiger partial charge on any atom is -0.486 e. The summed E-state index contributed by atoms with van der Waals surface area (Å²) in [4.78, 5) is 10.2. The molecule has 2 aromatic rings. The molecular weight excluding hydrogens is 379 g/mol. The summed E-state index contributed by atoms with van der Waals surface area (Å²) in [5.41, 5.74) is 7.09. The van der Waals surface area contributed by atoms with E-state index in [0.717, 1.165) is 17.5 Å². The Morgan fingerprint density at radius 2 is 1.67 bits per heavy atom. The second-order valence-corrected chi connectivity index (χ2v) is 6.33. The van der Waals surface area contributed by atoms with Crippen molar-refractivity contribution in [3.63, 3.8) is 0 Å². The van der Waals surface area contributed by atoms with Crippen molar-refractivity contribution in [3.8, 4) is 5.75 Å². The van der Waals surface area contributed by atoms with Gasteiger partial charge in [-0.05, 0) is 43.1 Å². The van der Waals surface area contributed by atoms with Gasteiger partial charge in [-0.2, -0.15) is 0 Å². The van der Waals surface area contributed by atoms with E-state index in [4.69, 9.17) is 10.5 Å². The van der Waals surface area contributed by atoms with Crippen molar-refractivity contribution in [2.75, 3.05) is 13.1 Å². The molecule has 0 aliphatic carbocycles. The van der Waals surface area contributed by atoms with Gasteiger partial charge in [0.1, 0.15) is 6.61 Å². The maximum absolute atomic E-state index is 13.4. The standard InChI is InChI=1S/C14H13FO.C5H12N2O.C4H10.C2H6/c1-11-7-8-14(13(15)9-11)16-10-12-5-3-2-4-6-12;1-5(8)7-4-2-3-6;1-3-4-2;1-2/h2-9H,10H2,1H3;2-4,6H2,1H3,(H,7,8);3-4H2,1-2H3;1-2H3. The molecule has 0 saturated heterocycles. The molecule has 0 aliphatic heterocycles. The van der Waals surface area contributed by atoms with Crippen molar-refractivity contribution in [2.45, 2.75) is 67.4 Å². The number of unbranched alkanes of at least 4 members (excludes halogenated alkanes) is 1. The highest BCUT2D eigenvalue weighted by atomic mass is 19.1. The summed E-state index contributed by atoms with van der Waals surface area (Å²) in [5.74, 6) is 0.00355. The SMILES string of the molecule is CC.CC(=O)NCCCN.CCCC.Cc1ccc(OCc2ccccc2)c(F)c1. The van der Waals surface area contributed by atoms with Crippen LogP contribution in [0, 0.1) is 12.7 Å². The fraction of sp³-hybridized carbons (Fsp3) is 0.480. The van der Waals surface area contributed by atoms with E-state index in [0.29, 0.717) is 25.4 Å². The first kappa shape index (κ1) is 29.8. The van der Waals surface area contributed by atoms with Crippen LogP contribution in [0.3, 0.4) is 0 Å². The predicted molar refractivity (Wildman–Crippen MR) is 126 cm³/mol. The van der Waals surface area contributed by atoms with E-state index in [9.17, 15) is 9.18 Å². The highest BCUT2D eigenvalue weighted by Gasteiger charge is 2.03. The highest BCUT2D eigenvalue weighted by Crippen LogP contribution is 2.19. The number of hydrogen-bond donors (Lipinski definition) is 2. The van der Waals surface area contributed by atoms with Crippen LogP contribution in [0.15, 0.2) is 48.5 Å². The minimum absolute atomic E-state index is 0.0125. The summed E-state index contributed by atoms with van der Waals surface area (Å²) in [5, 5.41) is 2.63. The number of benzene rings is 2. The Kier molecular flexibility index (Phi) is 21.2. The molecule has 3 N–H and O–H groups in total. The lowest BCUT2D eigenvalue weighted by Gasteiger charge is -2.07. The Bertz CT molecular complexity index is 647. The first-order valence-corrected chi connectivity index (χ1v) is 10.8. The highest BCUT2D eigenvalue weighted by molar-refractivity contribution is 5.72. The van der Waals surface area contributed by atoms with E-state index in [1.54, 1.807) is 6.07 Å². The van der Waals surface area contributed by atoms with Crippen LogP contribution in [0.2, 0.25) is 0 Å². The Labute approximate surface area is 183 Å². The Morgan fingerprint density at radius 3 is 2.13 bits per heavy atom. The van der Waals surface area contributed by atoms with Gasteiger partial charge in [-0.3, -0.25) is 4.79 Å². The van der Waals surface area contributed by atoms with Crippen LogP contribution in [-0.2, 0) is 11.4 Å². The zero-order valence-electron chi connectivity index (χ0n) is 19.6. The van der Waals surface area contributed by atoms with E-state index in [1.807, 2.05) is 57.2 Å². The van der Waals surface area contributed by atoms with E-state index in [2.05, 4.69) is 19.2 Å². The fourth-order valence-corrected chi connectivity index (χ4v) is 1.82. The zero-order chi connectivity index (χ0) is 23.2. The normalized spacial score (nSPS) is 8.93. The number of carbonyl (C=O) groups is 1. The molecule has 0 bridgehead atoms. The van der Waals surface area contributed by atoms with Crippen LogP contribution in [0.4, 0.5) is 4.39 Å². The van der Waals surface area contributed by atoms with Crippen molar-refractivity contribution in [1.82, 2.24) is 5.32 Å². The maximum Gasteiger partial charge on any atom is 0.216 e. The summed E-state index contributed by atoms with van der Waals surface area (Å²) >= 11 is 0. The second kappa shape index (κ2) is 21.3. The third-order valence-electron chi connectivity index (χ3n) is 3.58. The van der Waals surface area contributed by atoms with E-state index in [1.165, 1.54) is 25.8 Å². The molecule has 0 aliphatic rings. The number of nitrogens with two attached hydrogens (primary N) is 1. The van der Waals surface area contributed by atoms with Crippen LogP contribution in [0.25, 0.3) is 0 Å². The van der Waals surface area contributed by atoms with Crippen molar-refractivity contribution in [3.05, 3.63) is 65.5 Å². The summed E-state index contributed by atoms with van der Waals surface area (Å²) in [7, 11) is 0. The molecule has 0 heterocycles. The first-order valence-electron chi connectivity index (χ1n) is 10.8. The third kappa shape index (κ3) is 17.7. The number of rotatable bonds is 7. The van der Waals surface area contributed by atoms with Crippen molar-refractivity contribution in [1.29, 1.82) is 0 Å². The van der Waals surface area contributed by atoms with Gasteiger partial charge in [-0.15, -0.1) is 0 Å². The van der Waals surface area contributed by atoms with Crippen LogP contribution in [0.5, 0.6) is 5.75 Å². The van der Waals surface area contributed by atoms with Gasteiger partial charge < -0.3 is 15.8 Å². The first-order chi connectivity index (χ1) is 14.4. The Balaban J connectivity index is 0. The van der Waals surface area contributed by atoms with Gasteiger partial charge in [-0.25, -0.2) is 4.39 Å². The van der Waals surface area contributed by atoms with Gasteiger partial charge in [0, 0.05) is 13.5 Å². The van der Waals surface area contributed by atoms with Crippen molar-refractivity contribution < 1.29 is 13.9 Å². The third-order valence-corrected chi connectivity index (χ3v) is 3.58. The van der Waals surface area contributed by atoms with Crippen LogP contribution < -0.4 is 15.8 Å². The topological polar surface area (TPSA) is 64.4 Å². The van der Waals surface area contributed by atoms with Crippen molar-refractivity contribution in [2.24, 2.45) is 5.73 Å². The molecule has 4 nitrogen and oxygen atoms in total. The van der Waals surface area contributed by atoms with Crippen LogP contribution in [-0.4, -0.2) is 19.0 Å². The Hall–Kier alpha value is -2.40. The van der Waals surface area contributed by atoms with Gasteiger partial charge >= 0.3 is 0 Å². The van der Waals surface area contributed by atoms with E-state index >= 15 is 0 Å². The van der Waals surface area contributed by atoms with E-state index < -0.39 is 0 Å². The van der Waals surface area contributed by atoms with Gasteiger partial charge in [-0.1, -0.05) is 76.9 Å². The fourth-order valence-electron chi connectivity index (χ4n) is 1.82. The molecule has 0 aromatic heterocycles. The summed E-state index contributed by atoms with van der Waals surface area (Å²) in [6.45, 7) is 13.4. The zero-order valence-corrected chi connectivity index (χ0v) is 19.6. The quantitative estimate of drug-likeness (QED) is 0.539. The molecule has 5 heteroatoms. The molecule has 0 saturated carbocycles. The predicted octanol–water partition coefficient (Wildman–Crippen LogP) is 6.02. The minimum atomic E-state index is -0.309. The van der Waals surface area contributed by atoms with Crippen molar-refractivity contribution >= 4 is 5.91 Å². The Morgan fingerprint density at radius 1 is 1.07 bits per heavy atom. The smallest absolute Gasteiger partial charge is 0.216 e. The molecule has 2 aromatic carbocycles. The summed E-state index contributed by atoms with van der Waals surface area (Å²) < 4.78 is 18.8. The lowest BCUT2D eigenvalue weighted by atomic mass is 10.2. The number of nitrogens with one attached hydrogen (secondary N) is 1. The molecule has 30 heavy (non-hydrogen) atoms. The lowest BCUT2D eigenvalue weighted by molar-refractivity contribution is -0.118. The summed E-state index contributed by atoms with van der Waals surface area (Å²) in [6, 6.07) is 14.7. The molecule has 0 fully saturated rings. The molecule has 1 amide bonds. The van der Waals surface area contributed by atoms with Gasteiger partial charge in [0.15, 0.2) is 11.6 Å². The second-order valence-electron chi connectivity index (χ2n) is 6.33. The van der Waals surface area contributed by atoms with Crippen LogP contribution >= 0.6 is 0 Å². The number of amides is 1. The monoisotopic (exact) mass is 420 g/mol. The average molecular weight is 421 g/mol. The number of halogens is 1. The lowest BCUT2D eigenvalue weighted by Crippen LogP contribution is -2.22. The number of aryl methyl sites for hydroxylation is 1. The average Bonchev–Trinajstić information content (AvgIpc) is 2.76. The largest absolute Gasteiger partial charge is 0.486 e. The molecule has 170 valence electrons. The number of carbonyl (C=O) groups excluding carboxylic acids is 1. The number of ether oxygens (including phenoxy) is 1. The molecule has 0 unspecified atom stereocenters. The number of hydrogen-bond acceptors (Lipinski definition) is 3. The van der Waals surface area contributed by atoms with Gasteiger partial charge in [0.05, 0.1) is 0 Å². The molecular formula is C25H41FN2O2. The molecule has 0 radical (unpaired) electrons. The van der Waals surface area contributed by atoms with Gasteiger partial charge in [0.2, 0.25) is 5.91 Å². The van der Waals surface area contributed by atoms with Gasteiger partial charge in [0.25, 0.3) is 0 Å². The maximum atomic E-state index is 13.4.